The van der Waals surface area contributed by atoms with E-state index < -0.39 is 11.8 Å². The van der Waals surface area contributed by atoms with E-state index in [2.05, 4.69) is 5.32 Å². The predicted octanol–water partition coefficient (Wildman–Crippen LogP) is -0.103. The molecule has 0 bridgehead atoms. The Morgan fingerprint density at radius 1 is 1.41 bits per heavy atom. The number of hydrogen-bond donors (Lipinski definition) is 3. The normalized spacial score (nSPS) is 11.3. The average Bonchev–Trinajstić information content (AvgIpc) is 2.62. The molecule has 0 amide bonds. The van der Waals surface area contributed by atoms with Gasteiger partial charge in [0.15, 0.2) is 5.58 Å². The van der Waals surface area contributed by atoms with Gasteiger partial charge >= 0.3 is 5.76 Å². The lowest BCUT2D eigenvalue weighted by Gasteiger charge is -2.14. The topological polar surface area (TPSA) is 87.6 Å². The molecule has 0 aliphatic carbocycles. The van der Waals surface area contributed by atoms with Crippen LogP contribution in [0.4, 0.5) is 5.69 Å². The van der Waals surface area contributed by atoms with Gasteiger partial charge in [0.25, 0.3) is 0 Å². The molecule has 0 spiro atoms. The molecule has 0 aliphatic heterocycles. The van der Waals surface area contributed by atoms with Crippen molar-refractivity contribution in [2.45, 2.75) is 6.04 Å². The van der Waals surface area contributed by atoms with Crippen molar-refractivity contribution in [1.29, 1.82) is 0 Å². The minimum absolute atomic E-state index is 0.173. The van der Waals surface area contributed by atoms with Gasteiger partial charge in [0.05, 0.1) is 24.8 Å². The van der Waals surface area contributed by atoms with E-state index in [1.165, 1.54) is 4.57 Å². The Morgan fingerprint density at radius 3 is 2.76 bits per heavy atom. The molecule has 0 aliphatic rings. The summed E-state index contributed by atoms with van der Waals surface area (Å²) in [6.45, 7) is -0.347. The molecule has 2 rings (SSSR count). The van der Waals surface area contributed by atoms with Gasteiger partial charge in [0, 0.05) is 18.8 Å². The Balaban J connectivity index is 2.35. The fourth-order valence-electron chi connectivity index (χ4n) is 1.61. The summed E-state index contributed by atoms with van der Waals surface area (Å²) in [5.41, 5.74) is 1.85. The zero-order chi connectivity index (χ0) is 12.4. The monoisotopic (exact) mass is 238 g/mol. The number of aliphatic hydroxyl groups is 2. The van der Waals surface area contributed by atoms with Crippen LogP contribution < -0.4 is 11.1 Å². The molecule has 3 N–H and O–H groups in total. The van der Waals surface area contributed by atoms with E-state index in [4.69, 9.17) is 14.6 Å². The van der Waals surface area contributed by atoms with Crippen molar-refractivity contribution in [3.8, 4) is 0 Å². The smallest absolute Gasteiger partial charge is 0.408 e. The first-order valence-electron chi connectivity index (χ1n) is 5.23. The summed E-state index contributed by atoms with van der Waals surface area (Å²) >= 11 is 0. The maximum Gasteiger partial charge on any atom is 0.419 e. The maximum absolute atomic E-state index is 11.3. The highest BCUT2D eigenvalue weighted by Crippen LogP contribution is 2.18. The standard InChI is InChI=1S/C11H14N2O4/c1-13-9-3-2-7(12-8(5-14)6-15)4-10(9)17-11(13)16/h2-4,8,12,14-15H,5-6H2,1H3. The maximum atomic E-state index is 11.3. The molecule has 2 aromatic rings. The van der Waals surface area contributed by atoms with Gasteiger partial charge in [0.1, 0.15) is 0 Å². The number of aryl methyl sites for hydroxylation is 1. The molecule has 0 unspecified atom stereocenters. The number of fused-ring (bicyclic) bond motifs is 1. The number of oxazole rings is 1. The van der Waals surface area contributed by atoms with Crippen molar-refractivity contribution in [3.63, 3.8) is 0 Å². The van der Waals surface area contributed by atoms with Crippen molar-refractivity contribution in [2.75, 3.05) is 18.5 Å². The number of benzene rings is 1. The van der Waals surface area contributed by atoms with Crippen molar-refractivity contribution in [2.24, 2.45) is 7.05 Å². The first-order chi connectivity index (χ1) is 8.15. The van der Waals surface area contributed by atoms with E-state index in [9.17, 15) is 4.79 Å². The van der Waals surface area contributed by atoms with E-state index in [0.29, 0.717) is 16.8 Å². The lowest BCUT2D eigenvalue weighted by atomic mass is 10.2. The van der Waals surface area contributed by atoms with E-state index in [1.54, 1.807) is 25.2 Å². The van der Waals surface area contributed by atoms with Crippen molar-refractivity contribution >= 4 is 16.8 Å². The van der Waals surface area contributed by atoms with Crippen molar-refractivity contribution in [1.82, 2.24) is 4.57 Å². The van der Waals surface area contributed by atoms with Crippen LogP contribution in [-0.2, 0) is 7.05 Å². The highest BCUT2D eigenvalue weighted by molar-refractivity contribution is 5.77. The predicted molar refractivity (Wildman–Crippen MR) is 63.0 cm³/mol. The summed E-state index contributed by atoms with van der Waals surface area (Å²) in [6.07, 6.45) is 0. The summed E-state index contributed by atoms with van der Waals surface area (Å²) in [5, 5.41) is 20.8. The molecule has 1 aromatic carbocycles. The molecule has 0 saturated heterocycles. The highest BCUT2D eigenvalue weighted by atomic mass is 16.4. The highest BCUT2D eigenvalue weighted by Gasteiger charge is 2.09. The Kier molecular flexibility index (Phi) is 3.16. The van der Waals surface area contributed by atoms with Crippen LogP contribution >= 0.6 is 0 Å². The van der Waals surface area contributed by atoms with Gasteiger partial charge in [-0.2, -0.15) is 0 Å². The third-order valence-electron chi connectivity index (χ3n) is 2.60. The Labute approximate surface area is 97.1 Å². The summed E-state index contributed by atoms with van der Waals surface area (Å²) in [4.78, 5) is 11.3. The van der Waals surface area contributed by atoms with Gasteiger partial charge in [-0.3, -0.25) is 4.57 Å². The second-order valence-electron chi connectivity index (χ2n) is 3.82. The molecule has 6 heteroatoms. The number of aliphatic hydroxyl groups excluding tert-OH is 2. The summed E-state index contributed by atoms with van der Waals surface area (Å²) in [5.74, 6) is -0.419. The van der Waals surface area contributed by atoms with E-state index >= 15 is 0 Å². The van der Waals surface area contributed by atoms with Crippen LogP contribution in [0.25, 0.3) is 11.1 Å². The fourth-order valence-corrected chi connectivity index (χ4v) is 1.61. The Morgan fingerprint density at radius 2 is 2.12 bits per heavy atom. The minimum Gasteiger partial charge on any atom is -0.408 e. The van der Waals surface area contributed by atoms with E-state index in [1.807, 2.05) is 0 Å². The molecule has 0 radical (unpaired) electrons. The molecule has 17 heavy (non-hydrogen) atoms. The zero-order valence-corrected chi connectivity index (χ0v) is 9.38. The van der Waals surface area contributed by atoms with E-state index in [-0.39, 0.29) is 13.2 Å². The van der Waals surface area contributed by atoms with Crippen molar-refractivity contribution < 1.29 is 14.6 Å². The zero-order valence-electron chi connectivity index (χ0n) is 9.38. The molecule has 1 heterocycles. The van der Waals surface area contributed by atoms with Crippen LogP contribution in [-0.4, -0.2) is 34.0 Å². The largest absolute Gasteiger partial charge is 0.419 e. The number of rotatable bonds is 4. The second kappa shape index (κ2) is 4.60. The fraction of sp³-hybridized carbons (Fsp3) is 0.364. The molecule has 0 saturated carbocycles. The number of nitrogens with zero attached hydrogens (tertiary/aromatic N) is 1. The molecule has 1 aromatic heterocycles. The van der Waals surface area contributed by atoms with Gasteiger partial charge in [-0.05, 0) is 12.1 Å². The first-order valence-corrected chi connectivity index (χ1v) is 5.23. The van der Waals surface area contributed by atoms with Gasteiger partial charge in [0.2, 0.25) is 0 Å². The van der Waals surface area contributed by atoms with Crippen molar-refractivity contribution in [3.05, 3.63) is 28.7 Å². The SMILES string of the molecule is Cn1c(=O)oc2cc(NC(CO)CO)ccc21. The minimum atomic E-state index is -0.428. The lowest BCUT2D eigenvalue weighted by molar-refractivity contribution is 0.204. The molecular weight excluding hydrogens is 224 g/mol. The van der Waals surface area contributed by atoms with Crippen LogP contribution in [0, 0.1) is 0 Å². The first kappa shape index (κ1) is 11.7. The van der Waals surface area contributed by atoms with E-state index in [0.717, 1.165) is 0 Å². The number of aromatic nitrogens is 1. The van der Waals surface area contributed by atoms with Crippen LogP contribution in [0.2, 0.25) is 0 Å². The third-order valence-corrected chi connectivity index (χ3v) is 2.60. The molecular formula is C11H14N2O4. The molecule has 6 nitrogen and oxygen atoms in total. The lowest BCUT2D eigenvalue weighted by Crippen LogP contribution is -2.27. The Bertz CT molecular complexity index is 568. The van der Waals surface area contributed by atoms with Gasteiger partial charge < -0.3 is 19.9 Å². The molecule has 0 atom stereocenters. The van der Waals surface area contributed by atoms with Crippen LogP contribution in [0.1, 0.15) is 0 Å². The van der Waals surface area contributed by atoms with Crippen LogP contribution in [0.3, 0.4) is 0 Å². The summed E-state index contributed by atoms with van der Waals surface area (Å²) in [6, 6.07) is 4.74. The van der Waals surface area contributed by atoms with Gasteiger partial charge in [-0.25, -0.2) is 4.79 Å². The molecule has 92 valence electrons. The molecule has 0 fully saturated rings. The number of anilines is 1. The van der Waals surface area contributed by atoms with Crippen LogP contribution in [0.15, 0.2) is 27.4 Å². The summed E-state index contributed by atoms with van der Waals surface area (Å²) in [7, 11) is 1.63. The Hall–Kier alpha value is -1.79. The summed E-state index contributed by atoms with van der Waals surface area (Å²) < 4.78 is 6.44. The number of hydrogen-bond acceptors (Lipinski definition) is 5. The number of nitrogens with one attached hydrogen (secondary N) is 1. The van der Waals surface area contributed by atoms with Gasteiger partial charge in [-0.1, -0.05) is 0 Å². The quantitative estimate of drug-likeness (QED) is 0.692. The second-order valence-corrected chi connectivity index (χ2v) is 3.82. The van der Waals surface area contributed by atoms with Gasteiger partial charge in [-0.15, -0.1) is 0 Å². The third kappa shape index (κ3) is 2.17. The average molecular weight is 238 g/mol. The van der Waals surface area contributed by atoms with Crippen LogP contribution in [0.5, 0.6) is 0 Å².